The van der Waals surface area contributed by atoms with Gasteiger partial charge in [-0.3, -0.25) is 4.79 Å². The maximum absolute atomic E-state index is 13.2. The van der Waals surface area contributed by atoms with E-state index in [0.717, 1.165) is 0 Å². The van der Waals surface area contributed by atoms with E-state index in [1.54, 1.807) is 33.0 Å². The summed E-state index contributed by atoms with van der Waals surface area (Å²) in [5.41, 5.74) is -0.0832. The van der Waals surface area contributed by atoms with E-state index in [9.17, 15) is 9.18 Å². The van der Waals surface area contributed by atoms with Crippen LogP contribution in [-0.4, -0.2) is 4.57 Å². The molecule has 92 valence electrons. The average Bonchev–Trinajstić information content (AvgIpc) is 2.33. The van der Waals surface area contributed by atoms with Gasteiger partial charge in [0.1, 0.15) is 5.82 Å². The van der Waals surface area contributed by atoms with Crippen molar-refractivity contribution in [3.63, 3.8) is 0 Å². The van der Waals surface area contributed by atoms with Crippen LogP contribution < -0.4 is 5.56 Å². The highest BCUT2D eigenvalue weighted by atomic mass is 19.1. The largest absolute Gasteiger partial charge is 0.311 e. The van der Waals surface area contributed by atoms with E-state index in [1.165, 1.54) is 16.7 Å². The lowest BCUT2D eigenvalue weighted by Crippen LogP contribution is -2.30. The second-order valence-corrected chi connectivity index (χ2v) is 4.86. The number of hydrogen-bond donors (Lipinski definition) is 0. The first-order chi connectivity index (χ1) is 8.36. The Labute approximate surface area is 104 Å². The van der Waals surface area contributed by atoms with Crippen LogP contribution in [-0.2, 0) is 12.5 Å². The monoisotopic (exact) mass is 244 g/mol. The van der Waals surface area contributed by atoms with Crippen LogP contribution in [0.1, 0.15) is 19.4 Å². The van der Waals surface area contributed by atoms with E-state index in [0.29, 0.717) is 16.5 Å². The van der Waals surface area contributed by atoms with E-state index < -0.39 is 5.41 Å². The Morgan fingerprint density at radius 3 is 2.61 bits per heavy atom. The van der Waals surface area contributed by atoms with Crippen molar-refractivity contribution in [3.05, 3.63) is 46.0 Å². The first-order valence-corrected chi connectivity index (χ1v) is 5.58. The SMILES string of the molecule is Cn1c(=O)c(C(C)(C)C#N)cc2cc(F)ccc21. The van der Waals surface area contributed by atoms with Gasteiger partial charge in [0.15, 0.2) is 0 Å². The van der Waals surface area contributed by atoms with Crippen molar-refractivity contribution < 1.29 is 4.39 Å². The summed E-state index contributed by atoms with van der Waals surface area (Å²) in [5, 5.41) is 9.74. The highest BCUT2D eigenvalue weighted by Gasteiger charge is 2.24. The number of rotatable bonds is 1. The van der Waals surface area contributed by atoms with Gasteiger partial charge in [-0.1, -0.05) is 0 Å². The highest BCUT2D eigenvalue weighted by molar-refractivity contribution is 5.80. The molecule has 0 unspecified atom stereocenters. The van der Waals surface area contributed by atoms with Gasteiger partial charge in [-0.25, -0.2) is 4.39 Å². The van der Waals surface area contributed by atoms with Gasteiger partial charge >= 0.3 is 0 Å². The summed E-state index contributed by atoms with van der Waals surface area (Å²) in [4.78, 5) is 12.2. The number of benzene rings is 1. The molecule has 1 aromatic carbocycles. The number of aryl methyl sites for hydroxylation is 1. The van der Waals surface area contributed by atoms with Crippen LogP contribution in [0.25, 0.3) is 10.9 Å². The van der Waals surface area contributed by atoms with Crippen molar-refractivity contribution in [2.75, 3.05) is 0 Å². The van der Waals surface area contributed by atoms with Gasteiger partial charge in [0.05, 0.1) is 17.0 Å². The molecule has 0 amide bonds. The molecule has 0 saturated carbocycles. The minimum absolute atomic E-state index is 0.222. The van der Waals surface area contributed by atoms with Crippen molar-refractivity contribution in [1.82, 2.24) is 4.57 Å². The molecule has 0 radical (unpaired) electrons. The summed E-state index contributed by atoms with van der Waals surface area (Å²) < 4.78 is 14.7. The van der Waals surface area contributed by atoms with Crippen molar-refractivity contribution in [2.45, 2.75) is 19.3 Å². The first kappa shape index (κ1) is 12.3. The molecular formula is C14H13FN2O. The Bertz CT molecular complexity index is 723. The molecular weight excluding hydrogens is 231 g/mol. The van der Waals surface area contributed by atoms with E-state index in [4.69, 9.17) is 5.26 Å². The molecule has 1 heterocycles. The standard InChI is InChI=1S/C14H13FN2O/c1-14(2,8-16)11-7-9-6-10(15)4-5-12(9)17(3)13(11)18/h4-7H,1-3H3. The van der Waals surface area contributed by atoms with Crippen LogP contribution >= 0.6 is 0 Å². The number of halogens is 1. The van der Waals surface area contributed by atoms with E-state index >= 15 is 0 Å². The molecule has 0 spiro atoms. The fraction of sp³-hybridized carbons (Fsp3) is 0.286. The van der Waals surface area contributed by atoms with Crippen molar-refractivity contribution in [1.29, 1.82) is 5.26 Å². The topological polar surface area (TPSA) is 45.8 Å². The molecule has 0 N–H and O–H groups in total. The van der Waals surface area contributed by atoms with Gasteiger partial charge in [-0.05, 0) is 38.1 Å². The van der Waals surface area contributed by atoms with Crippen LogP contribution in [0.2, 0.25) is 0 Å². The second kappa shape index (κ2) is 3.95. The number of aromatic nitrogens is 1. The van der Waals surface area contributed by atoms with E-state index in [-0.39, 0.29) is 11.4 Å². The van der Waals surface area contributed by atoms with Gasteiger partial charge in [0.2, 0.25) is 0 Å². The Hall–Kier alpha value is -2.15. The average molecular weight is 244 g/mol. The number of pyridine rings is 1. The first-order valence-electron chi connectivity index (χ1n) is 5.58. The minimum Gasteiger partial charge on any atom is -0.311 e. The number of nitrogens with zero attached hydrogens (tertiary/aromatic N) is 2. The fourth-order valence-corrected chi connectivity index (χ4v) is 1.96. The van der Waals surface area contributed by atoms with Crippen LogP contribution in [0, 0.1) is 17.1 Å². The molecule has 1 aromatic heterocycles. The van der Waals surface area contributed by atoms with Gasteiger partial charge < -0.3 is 4.57 Å². The Kier molecular flexibility index (Phi) is 2.70. The molecule has 0 aliphatic rings. The van der Waals surface area contributed by atoms with Gasteiger partial charge in [-0.2, -0.15) is 5.26 Å². The molecule has 18 heavy (non-hydrogen) atoms. The third kappa shape index (κ3) is 1.78. The lowest BCUT2D eigenvalue weighted by molar-refractivity contribution is 0.628. The molecule has 0 atom stereocenters. The molecule has 0 fully saturated rings. The molecule has 0 bridgehead atoms. The zero-order chi connectivity index (χ0) is 13.5. The summed E-state index contributed by atoms with van der Waals surface area (Å²) >= 11 is 0. The maximum atomic E-state index is 13.2. The summed E-state index contributed by atoms with van der Waals surface area (Å²) in [7, 11) is 1.62. The van der Waals surface area contributed by atoms with Crippen LogP contribution in [0.5, 0.6) is 0 Å². The Morgan fingerprint density at radius 2 is 2.00 bits per heavy atom. The van der Waals surface area contributed by atoms with Crippen LogP contribution in [0.4, 0.5) is 4.39 Å². The quantitative estimate of drug-likeness (QED) is 0.773. The van der Waals surface area contributed by atoms with Crippen LogP contribution in [0.15, 0.2) is 29.1 Å². The minimum atomic E-state index is -0.894. The third-order valence-electron chi connectivity index (χ3n) is 3.14. The predicted molar refractivity (Wildman–Crippen MR) is 67.8 cm³/mol. The Balaban J connectivity index is 2.91. The molecule has 3 nitrogen and oxygen atoms in total. The molecule has 4 heteroatoms. The summed E-state index contributed by atoms with van der Waals surface area (Å²) in [5.74, 6) is -0.359. The molecule has 2 rings (SSSR count). The Morgan fingerprint density at radius 1 is 1.33 bits per heavy atom. The zero-order valence-electron chi connectivity index (χ0n) is 10.5. The third-order valence-corrected chi connectivity index (χ3v) is 3.14. The molecule has 2 aromatic rings. The molecule has 0 aliphatic carbocycles. The summed E-state index contributed by atoms with van der Waals surface area (Å²) in [6.45, 7) is 3.35. The summed E-state index contributed by atoms with van der Waals surface area (Å²) in [6, 6.07) is 7.95. The lowest BCUT2D eigenvalue weighted by atomic mass is 9.86. The van der Waals surface area contributed by atoms with Crippen molar-refractivity contribution >= 4 is 10.9 Å². The van der Waals surface area contributed by atoms with Crippen LogP contribution in [0.3, 0.4) is 0 Å². The van der Waals surface area contributed by atoms with E-state index in [2.05, 4.69) is 6.07 Å². The predicted octanol–water partition coefficient (Wildman–Crippen LogP) is 2.48. The summed E-state index contributed by atoms with van der Waals surface area (Å²) in [6.07, 6.45) is 0. The highest BCUT2D eigenvalue weighted by Crippen LogP contribution is 2.23. The van der Waals surface area contributed by atoms with Gasteiger partial charge in [0, 0.05) is 18.0 Å². The molecule has 0 saturated heterocycles. The smallest absolute Gasteiger partial charge is 0.255 e. The second-order valence-electron chi connectivity index (χ2n) is 4.86. The van der Waals surface area contributed by atoms with E-state index in [1.807, 2.05) is 0 Å². The zero-order valence-corrected chi connectivity index (χ0v) is 10.5. The number of nitriles is 1. The number of fused-ring (bicyclic) bond motifs is 1. The van der Waals surface area contributed by atoms with Gasteiger partial charge in [0.25, 0.3) is 5.56 Å². The molecule has 0 aliphatic heterocycles. The normalized spacial score (nSPS) is 11.5. The van der Waals surface area contributed by atoms with Crippen molar-refractivity contribution in [2.24, 2.45) is 7.05 Å². The maximum Gasteiger partial charge on any atom is 0.255 e. The van der Waals surface area contributed by atoms with Crippen molar-refractivity contribution in [3.8, 4) is 6.07 Å². The lowest BCUT2D eigenvalue weighted by Gasteiger charge is -2.17. The van der Waals surface area contributed by atoms with Gasteiger partial charge in [-0.15, -0.1) is 0 Å². The number of hydrogen-bond acceptors (Lipinski definition) is 2. The fourth-order valence-electron chi connectivity index (χ4n) is 1.96.